The quantitative estimate of drug-likeness (QED) is 0.184. The molecule has 7 nitrogen and oxygen atoms in total. The van der Waals surface area contributed by atoms with Crippen molar-refractivity contribution in [1.82, 2.24) is 10.2 Å². The van der Waals surface area contributed by atoms with E-state index in [9.17, 15) is 18.0 Å². The number of hydrogen-bond donors (Lipinski definition) is 1. The number of hydrogen-bond acceptors (Lipinski definition) is 4. The third-order valence-electron chi connectivity index (χ3n) is 8.27. The minimum Gasteiger partial charge on any atom is -0.352 e. The summed E-state index contributed by atoms with van der Waals surface area (Å²) in [6.07, 6.45) is 3.84. The third kappa shape index (κ3) is 8.13. The molecule has 10 heteroatoms. The lowest BCUT2D eigenvalue weighted by atomic mass is 10.0. The Kier molecular flexibility index (Phi) is 10.8. The predicted octanol–water partition coefficient (Wildman–Crippen LogP) is 6.68. The van der Waals surface area contributed by atoms with Crippen LogP contribution in [0.1, 0.15) is 42.4 Å². The van der Waals surface area contributed by atoms with Gasteiger partial charge >= 0.3 is 0 Å². The fourth-order valence-electron chi connectivity index (χ4n) is 5.71. The number of amides is 2. The summed E-state index contributed by atoms with van der Waals surface area (Å²) >= 11 is 6.05. The van der Waals surface area contributed by atoms with Crippen molar-refractivity contribution in [2.45, 2.75) is 62.6 Å². The molecule has 240 valence electrons. The molecule has 5 rings (SSSR count). The number of nitrogens with one attached hydrogen (secondary N) is 1. The zero-order chi connectivity index (χ0) is 32.7. The number of halogens is 2. The number of aryl methyl sites for hydroxylation is 1. The Labute approximate surface area is 275 Å². The first-order chi connectivity index (χ1) is 22.1. The summed E-state index contributed by atoms with van der Waals surface area (Å²) in [6, 6.07) is 26.8. The van der Waals surface area contributed by atoms with Gasteiger partial charge in [0.1, 0.15) is 18.4 Å². The summed E-state index contributed by atoms with van der Waals surface area (Å²) < 4.78 is 44.3. The summed E-state index contributed by atoms with van der Waals surface area (Å²) in [6.45, 7) is 1.02. The molecule has 0 saturated heterocycles. The maximum absolute atomic E-state index is 15.1. The molecule has 1 aliphatic carbocycles. The molecule has 0 heterocycles. The normalized spacial score (nSPS) is 14.1. The van der Waals surface area contributed by atoms with E-state index in [1.54, 1.807) is 42.5 Å². The van der Waals surface area contributed by atoms with Crippen LogP contribution in [-0.2, 0) is 32.6 Å². The third-order valence-corrected chi connectivity index (χ3v) is 10.3. The van der Waals surface area contributed by atoms with Crippen LogP contribution in [-0.4, -0.2) is 43.8 Å². The molecular weight excluding hydrogens is 625 g/mol. The molecule has 0 radical (unpaired) electrons. The van der Waals surface area contributed by atoms with Crippen molar-refractivity contribution in [3.63, 3.8) is 0 Å². The Balaban J connectivity index is 1.57. The SMILES string of the molecule is Cc1ccc(N(CC(=O)N(Cc2ccccc2F)[C@@H](Cc2ccccc2)C(=O)NC2CCCC2)S(=O)(=O)c2ccc(Cl)cc2)cc1. The second-order valence-electron chi connectivity index (χ2n) is 11.6. The van der Waals surface area contributed by atoms with Crippen molar-refractivity contribution in [2.75, 3.05) is 10.8 Å². The van der Waals surface area contributed by atoms with Crippen molar-refractivity contribution in [3.8, 4) is 0 Å². The molecule has 0 bridgehead atoms. The average Bonchev–Trinajstić information content (AvgIpc) is 3.56. The maximum Gasteiger partial charge on any atom is 0.264 e. The van der Waals surface area contributed by atoms with Crippen LogP contribution < -0.4 is 9.62 Å². The van der Waals surface area contributed by atoms with E-state index in [4.69, 9.17) is 11.6 Å². The lowest BCUT2D eigenvalue weighted by molar-refractivity contribution is -0.140. The highest BCUT2D eigenvalue weighted by atomic mass is 35.5. The van der Waals surface area contributed by atoms with Gasteiger partial charge in [0.15, 0.2) is 0 Å². The van der Waals surface area contributed by atoms with E-state index >= 15 is 4.39 Å². The zero-order valence-electron chi connectivity index (χ0n) is 25.6. The second-order valence-corrected chi connectivity index (χ2v) is 13.9. The first kappa shape index (κ1) is 33.2. The second kappa shape index (κ2) is 14.9. The lowest BCUT2D eigenvalue weighted by Crippen LogP contribution is -2.54. The molecule has 2 amide bonds. The first-order valence-electron chi connectivity index (χ1n) is 15.3. The van der Waals surface area contributed by atoms with Gasteiger partial charge in [-0.25, -0.2) is 12.8 Å². The van der Waals surface area contributed by atoms with E-state index in [1.807, 2.05) is 37.3 Å². The molecule has 0 unspecified atom stereocenters. The minimum absolute atomic E-state index is 0.0227. The Morgan fingerprint density at radius 1 is 0.891 bits per heavy atom. The number of anilines is 1. The molecule has 1 saturated carbocycles. The van der Waals surface area contributed by atoms with Gasteiger partial charge in [-0.05, 0) is 67.8 Å². The van der Waals surface area contributed by atoms with Gasteiger partial charge in [0, 0.05) is 29.6 Å². The molecule has 0 spiro atoms. The van der Waals surface area contributed by atoms with Crippen LogP contribution in [0, 0.1) is 12.7 Å². The molecule has 0 aromatic heterocycles. The van der Waals surface area contributed by atoms with Gasteiger partial charge in [-0.15, -0.1) is 0 Å². The van der Waals surface area contributed by atoms with Gasteiger partial charge < -0.3 is 10.2 Å². The number of carbonyl (C=O) groups excluding carboxylic acids is 2. The van der Waals surface area contributed by atoms with Crippen LogP contribution in [0.4, 0.5) is 10.1 Å². The van der Waals surface area contributed by atoms with E-state index in [-0.39, 0.29) is 41.1 Å². The number of nitrogens with zero attached hydrogens (tertiary/aromatic N) is 2. The van der Waals surface area contributed by atoms with Gasteiger partial charge in [0.05, 0.1) is 10.6 Å². The van der Waals surface area contributed by atoms with Crippen LogP contribution in [0.2, 0.25) is 5.02 Å². The summed E-state index contributed by atoms with van der Waals surface area (Å²) in [4.78, 5) is 29.8. The summed E-state index contributed by atoms with van der Waals surface area (Å²) in [5.74, 6) is -1.54. The number of carbonyl (C=O) groups is 2. The maximum atomic E-state index is 15.1. The largest absolute Gasteiger partial charge is 0.352 e. The molecule has 4 aromatic carbocycles. The van der Waals surface area contributed by atoms with E-state index in [0.29, 0.717) is 5.02 Å². The van der Waals surface area contributed by atoms with Crippen LogP contribution in [0.25, 0.3) is 0 Å². The fourth-order valence-corrected chi connectivity index (χ4v) is 7.25. The molecule has 1 fully saturated rings. The van der Waals surface area contributed by atoms with E-state index in [1.165, 1.54) is 35.2 Å². The van der Waals surface area contributed by atoms with Gasteiger partial charge in [0.25, 0.3) is 10.0 Å². The van der Waals surface area contributed by atoms with E-state index in [2.05, 4.69) is 5.32 Å². The lowest BCUT2D eigenvalue weighted by Gasteiger charge is -2.34. The number of rotatable bonds is 12. The van der Waals surface area contributed by atoms with Gasteiger partial charge in [-0.2, -0.15) is 0 Å². The molecule has 46 heavy (non-hydrogen) atoms. The summed E-state index contributed by atoms with van der Waals surface area (Å²) in [5.41, 5.74) is 2.20. The number of benzene rings is 4. The molecule has 0 aliphatic heterocycles. The fraction of sp³-hybridized carbons (Fsp3) is 0.278. The first-order valence-corrected chi connectivity index (χ1v) is 17.2. The summed E-state index contributed by atoms with van der Waals surface area (Å²) in [7, 11) is -4.26. The smallest absolute Gasteiger partial charge is 0.264 e. The van der Waals surface area contributed by atoms with Gasteiger partial charge in [0.2, 0.25) is 11.8 Å². The van der Waals surface area contributed by atoms with Crippen LogP contribution in [0.5, 0.6) is 0 Å². The van der Waals surface area contributed by atoms with Crippen molar-refractivity contribution < 1.29 is 22.4 Å². The Morgan fingerprint density at radius 2 is 1.52 bits per heavy atom. The van der Waals surface area contributed by atoms with Crippen molar-refractivity contribution >= 4 is 39.1 Å². The monoisotopic (exact) mass is 661 g/mol. The highest BCUT2D eigenvalue weighted by Crippen LogP contribution is 2.27. The molecule has 1 aliphatic rings. The number of sulfonamides is 1. The van der Waals surface area contributed by atoms with Crippen LogP contribution in [0.3, 0.4) is 0 Å². The zero-order valence-corrected chi connectivity index (χ0v) is 27.2. The molecule has 4 aromatic rings. The molecule has 1 atom stereocenters. The Hall–Kier alpha value is -4.21. The van der Waals surface area contributed by atoms with Crippen molar-refractivity contribution in [1.29, 1.82) is 0 Å². The van der Waals surface area contributed by atoms with Gasteiger partial charge in [-0.1, -0.05) is 90.7 Å². The van der Waals surface area contributed by atoms with Gasteiger partial charge in [-0.3, -0.25) is 13.9 Å². The summed E-state index contributed by atoms with van der Waals surface area (Å²) in [5, 5.41) is 3.48. The standard InChI is InChI=1S/C36H37ClFN3O4S/c1-26-15-19-31(20-16-26)41(46(44,45)32-21-17-29(37)18-22-32)25-35(42)40(24-28-11-5-8-14-33(28)38)34(23-27-9-3-2-4-10-27)36(43)39-30-12-6-7-13-30/h2-5,8-11,14-22,30,34H,6-7,12-13,23-25H2,1H3,(H,39,43)/t34-/m0/s1. The highest BCUT2D eigenvalue weighted by Gasteiger charge is 2.36. The van der Waals surface area contributed by atoms with E-state index in [0.717, 1.165) is 41.1 Å². The molecule has 1 N–H and O–H groups in total. The Bertz CT molecular complexity index is 1750. The Morgan fingerprint density at radius 3 is 2.17 bits per heavy atom. The highest BCUT2D eigenvalue weighted by molar-refractivity contribution is 7.92. The van der Waals surface area contributed by atoms with Crippen molar-refractivity contribution in [3.05, 3.63) is 131 Å². The minimum atomic E-state index is -4.26. The topological polar surface area (TPSA) is 86.8 Å². The average molecular weight is 662 g/mol. The van der Waals surface area contributed by atoms with Crippen molar-refractivity contribution in [2.24, 2.45) is 0 Å². The molecular formula is C36H37ClFN3O4S. The van der Waals surface area contributed by atoms with Crippen LogP contribution >= 0.6 is 11.6 Å². The van der Waals surface area contributed by atoms with Crippen LogP contribution in [0.15, 0.2) is 108 Å². The van der Waals surface area contributed by atoms with E-state index < -0.39 is 34.3 Å². The predicted molar refractivity (Wildman–Crippen MR) is 178 cm³/mol.